The lowest BCUT2D eigenvalue weighted by molar-refractivity contribution is -0.402. The quantitative estimate of drug-likeness (QED) is 0.148. The smallest absolute Gasteiger partial charge is 0.234 e. The predicted molar refractivity (Wildman–Crippen MR) is 60.7 cm³/mol. The van der Waals surface area contributed by atoms with E-state index in [1.165, 1.54) is 18.4 Å². The van der Waals surface area contributed by atoms with Gasteiger partial charge in [-0.2, -0.15) is 0 Å². The minimum absolute atomic E-state index is 0.470. The highest BCUT2D eigenvalue weighted by Crippen LogP contribution is 1.86. The molecule has 0 aliphatic heterocycles. The molecule has 0 heterocycles. The van der Waals surface area contributed by atoms with Crippen LogP contribution in [0, 0.1) is 10.1 Å². The molecule has 88 valence electrons. The zero-order valence-electron chi connectivity index (χ0n) is 8.92. The van der Waals surface area contributed by atoms with Gasteiger partial charge in [-0.15, -0.1) is 0 Å². The van der Waals surface area contributed by atoms with Gasteiger partial charge in [-0.3, -0.25) is 19.9 Å². The molecular weight excluding hydrogens is 212 g/mol. The number of nitro groups is 1. The van der Waals surface area contributed by atoms with Crippen LogP contribution < -0.4 is 10.6 Å². The number of nitrogens with one attached hydrogen (secondary N) is 2. The summed E-state index contributed by atoms with van der Waals surface area (Å²) in [5.74, 6) is 0. The van der Waals surface area contributed by atoms with Crippen LogP contribution in [0.15, 0.2) is 29.0 Å². The van der Waals surface area contributed by atoms with E-state index in [1.807, 2.05) is 0 Å². The molecule has 0 saturated heterocycles. The van der Waals surface area contributed by atoms with Crippen molar-refractivity contribution in [2.24, 2.45) is 4.99 Å². The Balaban J connectivity index is 4.15. The van der Waals surface area contributed by atoms with Crippen LogP contribution in [0.5, 0.6) is 0 Å². The van der Waals surface area contributed by atoms with Crippen LogP contribution in [0.25, 0.3) is 0 Å². The number of nitrogens with zero attached hydrogens (tertiary/aromatic N) is 2. The first-order valence-corrected chi connectivity index (χ1v) is 4.55. The summed E-state index contributed by atoms with van der Waals surface area (Å²) in [5.41, 5.74) is 0.633. The van der Waals surface area contributed by atoms with Gasteiger partial charge in [0.25, 0.3) is 0 Å². The summed E-state index contributed by atoms with van der Waals surface area (Å²) < 4.78 is 0. The molecular formula is C9H14N4O3. The van der Waals surface area contributed by atoms with Crippen LogP contribution in [-0.4, -0.2) is 37.7 Å². The zero-order valence-corrected chi connectivity index (χ0v) is 8.92. The van der Waals surface area contributed by atoms with Crippen molar-refractivity contribution >= 4 is 12.6 Å². The number of allylic oxidation sites excluding steroid dienone is 3. The van der Waals surface area contributed by atoms with E-state index in [2.05, 4.69) is 15.6 Å². The Hall–Kier alpha value is -2.18. The highest BCUT2D eigenvalue weighted by Gasteiger charge is 1.91. The summed E-state index contributed by atoms with van der Waals surface area (Å²) in [4.78, 5) is 23.2. The molecule has 16 heavy (non-hydrogen) atoms. The number of amides is 1. The van der Waals surface area contributed by atoms with Gasteiger partial charge in [0.05, 0.1) is 10.6 Å². The van der Waals surface area contributed by atoms with E-state index in [-0.39, 0.29) is 0 Å². The van der Waals surface area contributed by atoms with Crippen LogP contribution in [0.3, 0.4) is 0 Å². The molecule has 0 bridgehead atoms. The standard InChI is InChI=1S/C9H14N4O3/c1-10-7-9(3-2-6-13(15)16)12-5-4-11-8-14/h2-3,6-8,12H,4-5H2,1H3,(H,11,14)/b6-2+,9-3+,10-7?. The SMILES string of the molecule is CN=C/C(=C\C=C\[N+](=O)[O-])NCCNC=O. The summed E-state index contributed by atoms with van der Waals surface area (Å²) in [6, 6.07) is 0. The fourth-order valence-electron chi connectivity index (χ4n) is 0.842. The summed E-state index contributed by atoms with van der Waals surface area (Å²) in [5, 5.41) is 15.4. The van der Waals surface area contributed by atoms with Gasteiger partial charge in [0.1, 0.15) is 0 Å². The second-order valence-corrected chi connectivity index (χ2v) is 2.63. The lowest BCUT2D eigenvalue weighted by Crippen LogP contribution is -2.26. The predicted octanol–water partition coefficient (Wildman–Crippen LogP) is -0.303. The maximum Gasteiger partial charge on any atom is 0.234 e. The first-order chi connectivity index (χ1) is 7.70. The molecule has 0 saturated carbocycles. The van der Waals surface area contributed by atoms with Crippen molar-refractivity contribution in [2.45, 2.75) is 0 Å². The van der Waals surface area contributed by atoms with E-state index in [9.17, 15) is 14.9 Å². The first kappa shape index (κ1) is 13.8. The molecule has 2 N–H and O–H groups in total. The third-order valence-electron chi connectivity index (χ3n) is 1.43. The van der Waals surface area contributed by atoms with Gasteiger partial charge in [-0.05, 0) is 6.08 Å². The molecule has 0 aliphatic rings. The molecule has 1 amide bonds. The Morgan fingerprint density at radius 2 is 2.25 bits per heavy atom. The normalized spacial score (nSPS) is 11.9. The number of carbonyl (C=O) groups is 1. The molecule has 0 spiro atoms. The van der Waals surface area contributed by atoms with Crippen molar-refractivity contribution in [2.75, 3.05) is 20.1 Å². The summed E-state index contributed by atoms with van der Waals surface area (Å²) in [6.45, 7) is 0.986. The lowest BCUT2D eigenvalue weighted by atomic mass is 10.4. The number of carbonyl (C=O) groups excluding carboxylic acids is 1. The van der Waals surface area contributed by atoms with E-state index in [0.29, 0.717) is 25.2 Å². The van der Waals surface area contributed by atoms with Gasteiger partial charge < -0.3 is 10.6 Å². The molecule has 0 radical (unpaired) electrons. The molecule has 0 aromatic carbocycles. The fraction of sp³-hybridized carbons (Fsp3) is 0.333. The minimum Gasteiger partial charge on any atom is -0.382 e. The molecule has 0 aromatic heterocycles. The van der Waals surface area contributed by atoms with Crippen molar-refractivity contribution in [1.82, 2.24) is 10.6 Å². The van der Waals surface area contributed by atoms with Gasteiger partial charge in [-0.25, -0.2) is 0 Å². The van der Waals surface area contributed by atoms with Gasteiger partial charge in [0.2, 0.25) is 12.6 Å². The van der Waals surface area contributed by atoms with Crippen LogP contribution in [0.2, 0.25) is 0 Å². The third kappa shape index (κ3) is 8.42. The van der Waals surface area contributed by atoms with Crippen molar-refractivity contribution < 1.29 is 9.72 Å². The maximum atomic E-state index is 10.0. The molecule has 7 nitrogen and oxygen atoms in total. The van der Waals surface area contributed by atoms with E-state index in [0.717, 1.165) is 6.20 Å². The minimum atomic E-state index is -0.550. The average molecular weight is 226 g/mol. The van der Waals surface area contributed by atoms with Crippen LogP contribution in [0.1, 0.15) is 0 Å². The van der Waals surface area contributed by atoms with E-state index in [1.54, 1.807) is 7.05 Å². The van der Waals surface area contributed by atoms with Gasteiger partial charge in [0.15, 0.2) is 0 Å². The van der Waals surface area contributed by atoms with E-state index >= 15 is 0 Å². The zero-order chi connectivity index (χ0) is 12.2. The molecule has 0 rings (SSSR count). The maximum absolute atomic E-state index is 10.0. The largest absolute Gasteiger partial charge is 0.382 e. The second-order valence-electron chi connectivity index (χ2n) is 2.63. The molecule has 0 fully saturated rings. The van der Waals surface area contributed by atoms with Crippen molar-refractivity contribution in [3.63, 3.8) is 0 Å². The van der Waals surface area contributed by atoms with Crippen molar-refractivity contribution in [3.05, 3.63) is 34.2 Å². The van der Waals surface area contributed by atoms with Gasteiger partial charge in [-0.1, -0.05) is 0 Å². The van der Waals surface area contributed by atoms with Crippen LogP contribution in [-0.2, 0) is 4.79 Å². The Bertz CT molecular complexity index is 310. The van der Waals surface area contributed by atoms with Crippen molar-refractivity contribution in [3.8, 4) is 0 Å². The van der Waals surface area contributed by atoms with Gasteiger partial charge in [0, 0.05) is 32.4 Å². The lowest BCUT2D eigenvalue weighted by Gasteiger charge is -2.04. The van der Waals surface area contributed by atoms with Crippen molar-refractivity contribution in [1.29, 1.82) is 0 Å². The Morgan fingerprint density at radius 3 is 2.81 bits per heavy atom. The molecule has 0 aliphatic carbocycles. The first-order valence-electron chi connectivity index (χ1n) is 4.55. The van der Waals surface area contributed by atoms with Crippen LogP contribution >= 0.6 is 0 Å². The topological polar surface area (TPSA) is 96.6 Å². The Labute approximate surface area is 93.1 Å². The number of aliphatic imine (C=N–C) groups is 1. The van der Waals surface area contributed by atoms with E-state index in [4.69, 9.17) is 0 Å². The fourth-order valence-corrected chi connectivity index (χ4v) is 0.842. The third-order valence-corrected chi connectivity index (χ3v) is 1.43. The van der Waals surface area contributed by atoms with Gasteiger partial charge >= 0.3 is 0 Å². The highest BCUT2D eigenvalue weighted by molar-refractivity contribution is 5.78. The number of rotatable bonds is 8. The number of hydrogen-bond acceptors (Lipinski definition) is 5. The molecule has 7 heteroatoms. The summed E-state index contributed by atoms with van der Waals surface area (Å²) in [6.07, 6.45) is 5.79. The van der Waals surface area contributed by atoms with Crippen LogP contribution in [0.4, 0.5) is 0 Å². The average Bonchev–Trinajstić information content (AvgIpc) is 2.23. The molecule has 0 aromatic rings. The molecule has 0 unspecified atom stereocenters. The van der Waals surface area contributed by atoms with E-state index < -0.39 is 4.92 Å². The summed E-state index contributed by atoms with van der Waals surface area (Å²) in [7, 11) is 1.59. The Morgan fingerprint density at radius 1 is 1.50 bits per heavy atom. The second kappa shape index (κ2) is 9.38. The summed E-state index contributed by atoms with van der Waals surface area (Å²) >= 11 is 0. The monoisotopic (exact) mass is 226 g/mol. The number of hydrogen-bond donors (Lipinski definition) is 2. The molecule has 0 atom stereocenters. The Kier molecular flexibility index (Phi) is 8.10. The highest BCUT2D eigenvalue weighted by atomic mass is 16.6.